The predicted octanol–water partition coefficient (Wildman–Crippen LogP) is 0.952. The summed E-state index contributed by atoms with van der Waals surface area (Å²) in [6, 6.07) is 5.79. The number of nitrogens with one attached hydrogen (secondary N) is 3. The van der Waals surface area contributed by atoms with E-state index < -0.39 is 24.0 Å². The molecule has 0 aliphatic heterocycles. The minimum Gasteiger partial charge on any atom is -0.481 e. The van der Waals surface area contributed by atoms with E-state index in [9.17, 15) is 19.5 Å². The Hall–Kier alpha value is -2.65. The van der Waals surface area contributed by atoms with Crippen LogP contribution in [0.15, 0.2) is 24.3 Å². The van der Waals surface area contributed by atoms with Crippen LogP contribution in [0, 0.1) is 5.92 Å². The van der Waals surface area contributed by atoms with Crippen LogP contribution in [-0.2, 0) is 14.3 Å². The molecule has 1 saturated carbocycles. The predicted molar refractivity (Wildman–Crippen MR) is 113 cm³/mol. The fourth-order valence-corrected chi connectivity index (χ4v) is 3.61. The SMILES string of the molecule is COCCNc1cccc(C(=O)N[C@@H](CCCN)C(=O)N[C@H]2CCC[C@H]2C(=O)O)c1. The number of amides is 2. The van der Waals surface area contributed by atoms with E-state index in [1.54, 1.807) is 25.3 Å². The molecule has 1 fully saturated rings. The number of benzene rings is 1. The topological polar surface area (TPSA) is 143 Å². The zero-order valence-corrected chi connectivity index (χ0v) is 17.4. The maximum absolute atomic E-state index is 12.8. The Morgan fingerprint density at radius 2 is 2.10 bits per heavy atom. The van der Waals surface area contributed by atoms with Gasteiger partial charge in [0, 0.05) is 30.9 Å². The molecule has 166 valence electrons. The van der Waals surface area contributed by atoms with Gasteiger partial charge in [-0.15, -0.1) is 0 Å². The fourth-order valence-electron chi connectivity index (χ4n) is 3.61. The molecule has 6 N–H and O–H groups in total. The average molecular weight is 421 g/mol. The molecule has 1 aromatic carbocycles. The van der Waals surface area contributed by atoms with Crippen LogP contribution in [0.25, 0.3) is 0 Å². The molecule has 0 bridgehead atoms. The van der Waals surface area contributed by atoms with E-state index in [4.69, 9.17) is 10.5 Å². The number of rotatable bonds is 12. The normalized spacial score (nSPS) is 19.1. The summed E-state index contributed by atoms with van der Waals surface area (Å²) in [4.78, 5) is 36.9. The second kappa shape index (κ2) is 12.1. The number of carbonyl (C=O) groups is 3. The van der Waals surface area contributed by atoms with Gasteiger partial charge in [0.05, 0.1) is 12.5 Å². The molecule has 9 nitrogen and oxygen atoms in total. The highest BCUT2D eigenvalue weighted by Crippen LogP contribution is 2.26. The van der Waals surface area contributed by atoms with Crippen molar-refractivity contribution in [2.24, 2.45) is 11.7 Å². The highest BCUT2D eigenvalue weighted by molar-refractivity contribution is 5.98. The van der Waals surface area contributed by atoms with Crippen LogP contribution in [0.5, 0.6) is 0 Å². The van der Waals surface area contributed by atoms with Crippen molar-refractivity contribution in [3.8, 4) is 0 Å². The van der Waals surface area contributed by atoms with Gasteiger partial charge in [0.2, 0.25) is 5.91 Å². The van der Waals surface area contributed by atoms with E-state index in [2.05, 4.69) is 16.0 Å². The molecule has 30 heavy (non-hydrogen) atoms. The average Bonchev–Trinajstić information content (AvgIpc) is 3.19. The van der Waals surface area contributed by atoms with E-state index in [1.807, 2.05) is 6.07 Å². The van der Waals surface area contributed by atoms with Crippen molar-refractivity contribution >= 4 is 23.5 Å². The molecule has 2 amide bonds. The van der Waals surface area contributed by atoms with Gasteiger partial charge in [0.1, 0.15) is 6.04 Å². The first-order valence-corrected chi connectivity index (χ1v) is 10.3. The van der Waals surface area contributed by atoms with Gasteiger partial charge in [-0.3, -0.25) is 14.4 Å². The summed E-state index contributed by atoms with van der Waals surface area (Å²) in [7, 11) is 1.61. The molecule has 0 heterocycles. The zero-order chi connectivity index (χ0) is 21.9. The minimum atomic E-state index is -0.905. The Balaban J connectivity index is 2.02. The number of carbonyl (C=O) groups excluding carboxylic acids is 2. The summed E-state index contributed by atoms with van der Waals surface area (Å²) < 4.78 is 5.00. The van der Waals surface area contributed by atoms with Crippen molar-refractivity contribution in [1.29, 1.82) is 0 Å². The Morgan fingerprint density at radius 3 is 2.80 bits per heavy atom. The summed E-state index contributed by atoms with van der Waals surface area (Å²) in [5.74, 6) is -2.24. The summed E-state index contributed by atoms with van der Waals surface area (Å²) in [6.45, 7) is 1.53. The molecular weight excluding hydrogens is 388 g/mol. The van der Waals surface area contributed by atoms with E-state index >= 15 is 0 Å². The smallest absolute Gasteiger partial charge is 0.308 e. The quantitative estimate of drug-likeness (QED) is 0.317. The highest BCUT2D eigenvalue weighted by Gasteiger charge is 2.35. The van der Waals surface area contributed by atoms with Crippen molar-refractivity contribution in [1.82, 2.24) is 10.6 Å². The van der Waals surface area contributed by atoms with Crippen molar-refractivity contribution in [2.75, 3.05) is 32.1 Å². The highest BCUT2D eigenvalue weighted by atomic mass is 16.5. The first kappa shape index (κ1) is 23.6. The third-order valence-electron chi connectivity index (χ3n) is 5.24. The first-order valence-electron chi connectivity index (χ1n) is 10.3. The molecule has 0 unspecified atom stereocenters. The fraction of sp³-hybridized carbons (Fsp3) is 0.571. The van der Waals surface area contributed by atoms with Crippen molar-refractivity contribution in [3.05, 3.63) is 29.8 Å². The van der Waals surface area contributed by atoms with Crippen LogP contribution in [0.4, 0.5) is 5.69 Å². The number of carboxylic acids is 1. The largest absolute Gasteiger partial charge is 0.481 e. The lowest BCUT2D eigenvalue weighted by atomic mass is 10.0. The van der Waals surface area contributed by atoms with Crippen LogP contribution >= 0.6 is 0 Å². The number of methoxy groups -OCH3 is 1. The number of hydrogen-bond donors (Lipinski definition) is 5. The molecule has 2 rings (SSSR count). The monoisotopic (exact) mass is 420 g/mol. The summed E-state index contributed by atoms with van der Waals surface area (Å²) in [6.07, 6.45) is 2.86. The van der Waals surface area contributed by atoms with Crippen molar-refractivity contribution in [3.63, 3.8) is 0 Å². The van der Waals surface area contributed by atoms with E-state index in [0.717, 1.165) is 12.1 Å². The van der Waals surface area contributed by atoms with Gasteiger partial charge >= 0.3 is 5.97 Å². The summed E-state index contributed by atoms with van der Waals surface area (Å²) >= 11 is 0. The van der Waals surface area contributed by atoms with Crippen LogP contribution < -0.4 is 21.7 Å². The molecule has 0 saturated heterocycles. The molecule has 1 aliphatic rings. The van der Waals surface area contributed by atoms with E-state index in [-0.39, 0.29) is 11.8 Å². The maximum atomic E-state index is 12.8. The van der Waals surface area contributed by atoms with E-state index in [1.165, 1.54) is 0 Å². The summed E-state index contributed by atoms with van der Waals surface area (Å²) in [5.41, 5.74) is 6.78. The number of hydrogen-bond acceptors (Lipinski definition) is 6. The lowest BCUT2D eigenvalue weighted by Crippen LogP contribution is -2.51. The number of ether oxygens (including phenoxy) is 1. The van der Waals surface area contributed by atoms with Gasteiger partial charge in [-0.1, -0.05) is 12.5 Å². The Kier molecular flexibility index (Phi) is 9.56. The number of carboxylic acid groups (broad SMARTS) is 1. The lowest BCUT2D eigenvalue weighted by molar-refractivity contribution is -0.142. The van der Waals surface area contributed by atoms with E-state index in [0.29, 0.717) is 50.9 Å². The summed E-state index contributed by atoms with van der Waals surface area (Å²) in [5, 5.41) is 18.1. The second-order valence-electron chi connectivity index (χ2n) is 7.45. The van der Waals surface area contributed by atoms with Crippen molar-refractivity contribution < 1.29 is 24.2 Å². The van der Waals surface area contributed by atoms with Gasteiger partial charge in [0.25, 0.3) is 5.91 Å². The van der Waals surface area contributed by atoms with Gasteiger partial charge in [-0.25, -0.2) is 0 Å². The molecular formula is C21H32N4O5. The number of aliphatic carboxylic acids is 1. The molecule has 1 aromatic rings. The molecule has 3 atom stereocenters. The van der Waals surface area contributed by atoms with Crippen LogP contribution in [0.2, 0.25) is 0 Å². The van der Waals surface area contributed by atoms with Crippen LogP contribution in [-0.4, -0.2) is 61.8 Å². The third-order valence-corrected chi connectivity index (χ3v) is 5.24. The molecule has 9 heteroatoms. The third kappa shape index (κ3) is 7.00. The lowest BCUT2D eigenvalue weighted by Gasteiger charge is -2.23. The maximum Gasteiger partial charge on any atom is 0.308 e. The van der Waals surface area contributed by atoms with Gasteiger partial charge in [-0.2, -0.15) is 0 Å². The zero-order valence-electron chi connectivity index (χ0n) is 17.4. The van der Waals surface area contributed by atoms with Crippen LogP contribution in [0.1, 0.15) is 42.5 Å². The molecule has 1 aliphatic carbocycles. The Morgan fingerprint density at radius 1 is 1.30 bits per heavy atom. The number of anilines is 1. The standard InChI is InChI=1S/C21H32N4O5/c1-30-12-11-23-15-6-2-5-14(13-15)19(26)25-18(9-4-10-22)20(27)24-17-8-3-7-16(17)21(28)29/h2,5-6,13,16-18,23H,3-4,7-12,22H2,1H3,(H,24,27)(H,25,26)(H,28,29)/t16-,17+,18+/m1/s1. The Bertz CT molecular complexity index is 727. The minimum absolute atomic E-state index is 0.371. The molecule has 0 aromatic heterocycles. The molecule has 0 radical (unpaired) electrons. The van der Waals surface area contributed by atoms with Gasteiger partial charge in [-0.05, 0) is 50.4 Å². The number of nitrogens with two attached hydrogens (primary N) is 1. The Labute approximate surface area is 176 Å². The van der Waals surface area contributed by atoms with Crippen molar-refractivity contribution in [2.45, 2.75) is 44.2 Å². The van der Waals surface area contributed by atoms with Crippen LogP contribution in [0.3, 0.4) is 0 Å². The molecule has 0 spiro atoms. The second-order valence-corrected chi connectivity index (χ2v) is 7.45. The van der Waals surface area contributed by atoms with Gasteiger partial charge in [0.15, 0.2) is 0 Å². The first-order chi connectivity index (χ1) is 14.5. The van der Waals surface area contributed by atoms with Gasteiger partial charge < -0.3 is 31.5 Å².